The molecule has 0 aliphatic heterocycles. The number of ether oxygens (including phenoxy) is 1. The molecule has 0 bridgehead atoms. The highest BCUT2D eigenvalue weighted by molar-refractivity contribution is 7.89. The first-order chi connectivity index (χ1) is 14.5. The maximum atomic E-state index is 12.9. The predicted molar refractivity (Wildman–Crippen MR) is 125 cm³/mol. The first-order valence-corrected chi connectivity index (χ1v) is 11.6. The van der Waals surface area contributed by atoms with Crippen molar-refractivity contribution in [1.82, 2.24) is 4.72 Å². The molecular formula is C25H31NO4S. The van der Waals surface area contributed by atoms with Crippen molar-refractivity contribution in [3.63, 3.8) is 0 Å². The summed E-state index contributed by atoms with van der Waals surface area (Å²) in [5, 5.41) is 0. The molecule has 0 heterocycles. The van der Waals surface area contributed by atoms with Gasteiger partial charge in [0.1, 0.15) is 0 Å². The number of rotatable bonds is 9. The Bertz CT molecular complexity index is 1020. The Morgan fingerprint density at radius 1 is 1.10 bits per heavy atom. The molecule has 0 aliphatic carbocycles. The van der Waals surface area contributed by atoms with Crippen LogP contribution < -0.4 is 4.72 Å². The third-order valence-corrected chi connectivity index (χ3v) is 5.86. The minimum atomic E-state index is -3.78. The zero-order valence-corrected chi connectivity index (χ0v) is 19.4. The summed E-state index contributed by atoms with van der Waals surface area (Å²) in [6.45, 7) is 11.9. The van der Waals surface area contributed by atoms with Crippen LogP contribution in [0.1, 0.15) is 38.3 Å². The summed E-state index contributed by atoms with van der Waals surface area (Å²) in [4.78, 5) is 12.5. The average molecular weight is 442 g/mol. The van der Waals surface area contributed by atoms with E-state index in [1.54, 1.807) is 30.3 Å². The zero-order chi connectivity index (χ0) is 23.1. The van der Waals surface area contributed by atoms with Crippen LogP contribution in [0.2, 0.25) is 0 Å². The van der Waals surface area contributed by atoms with Crippen LogP contribution in [0.5, 0.6) is 0 Å². The molecule has 6 heteroatoms. The molecule has 0 saturated carbocycles. The van der Waals surface area contributed by atoms with E-state index in [9.17, 15) is 13.2 Å². The van der Waals surface area contributed by atoms with E-state index < -0.39 is 22.0 Å². The van der Waals surface area contributed by atoms with Gasteiger partial charge in [-0.3, -0.25) is 0 Å². The second-order valence-corrected chi connectivity index (χ2v) is 10.5. The van der Waals surface area contributed by atoms with Crippen LogP contribution in [0.3, 0.4) is 0 Å². The zero-order valence-electron chi connectivity index (χ0n) is 18.6. The molecule has 1 atom stereocenters. The van der Waals surface area contributed by atoms with Crippen molar-refractivity contribution in [2.24, 2.45) is 5.41 Å². The second kappa shape index (κ2) is 10.6. The van der Waals surface area contributed by atoms with Crippen LogP contribution in [-0.2, 0) is 19.6 Å². The third-order valence-electron chi connectivity index (χ3n) is 4.35. The van der Waals surface area contributed by atoms with Crippen LogP contribution in [0, 0.1) is 12.3 Å². The molecule has 2 aromatic carbocycles. The molecular weight excluding hydrogens is 410 g/mol. The Kier molecular flexibility index (Phi) is 8.36. The largest absolute Gasteiger partial charge is 0.462 e. The Morgan fingerprint density at radius 3 is 2.29 bits per heavy atom. The van der Waals surface area contributed by atoms with Crippen molar-refractivity contribution < 1.29 is 17.9 Å². The first kappa shape index (κ1) is 24.6. The van der Waals surface area contributed by atoms with Gasteiger partial charge in [0.25, 0.3) is 0 Å². The molecule has 5 nitrogen and oxygen atoms in total. The number of hydrogen-bond donors (Lipinski definition) is 1. The number of hydrogen-bond acceptors (Lipinski definition) is 4. The molecule has 0 amide bonds. The summed E-state index contributed by atoms with van der Waals surface area (Å²) in [6, 6.07) is 15.5. The van der Waals surface area contributed by atoms with Gasteiger partial charge >= 0.3 is 5.97 Å². The molecule has 1 N–H and O–H groups in total. The van der Waals surface area contributed by atoms with Crippen molar-refractivity contribution in [1.29, 1.82) is 0 Å². The number of carbonyl (C=O) groups excluding carboxylic acids is 1. The fourth-order valence-electron chi connectivity index (χ4n) is 2.66. The van der Waals surface area contributed by atoms with E-state index in [1.807, 2.05) is 64.1 Å². The summed E-state index contributed by atoms with van der Waals surface area (Å²) in [5.74, 6) is -0.525. The van der Waals surface area contributed by atoms with Crippen molar-refractivity contribution in [2.45, 2.75) is 45.1 Å². The lowest BCUT2D eigenvalue weighted by Crippen LogP contribution is -2.34. The SMILES string of the molecule is C=C(CC(/C=C/c1ccccc1)NS(=O)(=O)c1ccc(C)cc1)C(=O)OCC(C)(C)C. The maximum absolute atomic E-state index is 12.9. The van der Waals surface area contributed by atoms with Crippen molar-refractivity contribution in [2.75, 3.05) is 6.61 Å². The van der Waals surface area contributed by atoms with E-state index in [0.29, 0.717) is 0 Å². The summed E-state index contributed by atoms with van der Waals surface area (Å²) in [7, 11) is -3.78. The first-order valence-electron chi connectivity index (χ1n) is 10.1. The highest BCUT2D eigenvalue weighted by Crippen LogP contribution is 2.17. The number of benzene rings is 2. The van der Waals surface area contributed by atoms with E-state index in [0.717, 1.165) is 11.1 Å². The fourth-order valence-corrected chi connectivity index (χ4v) is 3.85. The average Bonchev–Trinajstić information content (AvgIpc) is 2.70. The number of nitrogens with one attached hydrogen (secondary N) is 1. The van der Waals surface area contributed by atoms with Crippen LogP contribution in [-0.4, -0.2) is 27.0 Å². The lowest BCUT2D eigenvalue weighted by molar-refractivity contribution is -0.141. The van der Waals surface area contributed by atoms with Gasteiger partial charge in [0, 0.05) is 11.6 Å². The quantitative estimate of drug-likeness (QED) is 0.444. The van der Waals surface area contributed by atoms with E-state index in [4.69, 9.17) is 4.74 Å². The van der Waals surface area contributed by atoms with E-state index in [-0.39, 0.29) is 28.9 Å². The van der Waals surface area contributed by atoms with Gasteiger partial charge in [-0.2, -0.15) is 0 Å². The minimum absolute atomic E-state index is 0.0946. The molecule has 2 rings (SSSR count). The van der Waals surface area contributed by atoms with Gasteiger partial charge in [-0.05, 0) is 36.5 Å². The van der Waals surface area contributed by atoms with Crippen LogP contribution in [0.25, 0.3) is 6.08 Å². The topological polar surface area (TPSA) is 72.5 Å². The lowest BCUT2D eigenvalue weighted by atomic mass is 9.98. The van der Waals surface area contributed by atoms with Gasteiger partial charge in [-0.15, -0.1) is 0 Å². The highest BCUT2D eigenvalue weighted by Gasteiger charge is 2.22. The van der Waals surface area contributed by atoms with Crippen LogP contribution >= 0.6 is 0 Å². The molecule has 166 valence electrons. The molecule has 0 fully saturated rings. The second-order valence-electron chi connectivity index (χ2n) is 8.76. The molecule has 2 aromatic rings. The smallest absolute Gasteiger partial charge is 0.333 e. The highest BCUT2D eigenvalue weighted by atomic mass is 32.2. The molecule has 0 radical (unpaired) electrons. The number of aryl methyl sites for hydroxylation is 1. The molecule has 31 heavy (non-hydrogen) atoms. The number of sulfonamides is 1. The molecule has 0 aromatic heterocycles. The summed E-state index contributed by atoms with van der Waals surface area (Å²) >= 11 is 0. The Labute approximate surface area is 185 Å². The van der Waals surface area contributed by atoms with Crippen LogP contribution in [0.4, 0.5) is 0 Å². The molecule has 1 unspecified atom stereocenters. The Hall–Kier alpha value is -2.70. The lowest BCUT2D eigenvalue weighted by Gasteiger charge is -2.20. The number of esters is 1. The standard InChI is InChI=1S/C25H31NO4S/c1-19-11-15-23(16-12-19)31(28,29)26-22(14-13-21-9-7-6-8-10-21)17-20(2)24(27)30-18-25(3,4)5/h6-16,22,26H,2,17-18H2,1,3-5H3/b14-13+. The summed E-state index contributed by atoms with van der Waals surface area (Å²) < 4.78 is 33.8. The normalized spacial score (nSPS) is 13.2. The predicted octanol–water partition coefficient (Wildman–Crippen LogP) is 4.89. The van der Waals surface area contributed by atoms with Gasteiger partial charge in [-0.1, -0.05) is 87.5 Å². The van der Waals surface area contributed by atoms with Gasteiger partial charge < -0.3 is 4.74 Å². The van der Waals surface area contributed by atoms with E-state index in [1.165, 1.54) is 0 Å². The third kappa shape index (κ3) is 8.52. The van der Waals surface area contributed by atoms with E-state index >= 15 is 0 Å². The van der Waals surface area contributed by atoms with Crippen molar-refractivity contribution >= 4 is 22.1 Å². The van der Waals surface area contributed by atoms with E-state index in [2.05, 4.69) is 11.3 Å². The van der Waals surface area contributed by atoms with Crippen molar-refractivity contribution in [3.8, 4) is 0 Å². The molecule has 0 aliphatic rings. The summed E-state index contributed by atoms with van der Waals surface area (Å²) in [5.41, 5.74) is 1.92. The monoisotopic (exact) mass is 441 g/mol. The number of carbonyl (C=O) groups is 1. The van der Waals surface area contributed by atoms with Gasteiger partial charge in [0.2, 0.25) is 10.0 Å². The van der Waals surface area contributed by atoms with Gasteiger partial charge in [-0.25, -0.2) is 17.9 Å². The van der Waals surface area contributed by atoms with Gasteiger partial charge in [0.15, 0.2) is 0 Å². The van der Waals surface area contributed by atoms with Gasteiger partial charge in [0.05, 0.1) is 11.5 Å². The Morgan fingerprint density at radius 2 is 1.71 bits per heavy atom. The summed E-state index contributed by atoms with van der Waals surface area (Å²) in [6.07, 6.45) is 3.64. The Balaban J connectivity index is 2.19. The molecule has 0 saturated heterocycles. The van der Waals surface area contributed by atoms with Crippen LogP contribution in [0.15, 0.2) is 77.7 Å². The fraction of sp³-hybridized carbons (Fsp3) is 0.320. The minimum Gasteiger partial charge on any atom is -0.462 e. The van der Waals surface area contributed by atoms with Crippen molar-refractivity contribution in [3.05, 3.63) is 84.0 Å². The maximum Gasteiger partial charge on any atom is 0.333 e. The molecule has 0 spiro atoms.